The van der Waals surface area contributed by atoms with Crippen molar-refractivity contribution in [3.05, 3.63) is 33.3 Å². The van der Waals surface area contributed by atoms with Gasteiger partial charge in [0.1, 0.15) is 0 Å². The predicted molar refractivity (Wildman–Crippen MR) is 86.0 cm³/mol. The van der Waals surface area contributed by atoms with Crippen molar-refractivity contribution in [1.82, 2.24) is 10.6 Å². The normalized spacial score (nSPS) is 15.9. The number of rotatable bonds is 7. The summed E-state index contributed by atoms with van der Waals surface area (Å²) in [7, 11) is 0. The highest BCUT2D eigenvalue weighted by atomic mass is 79.9. The van der Waals surface area contributed by atoms with Gasteiger partial charge in [-0.05, 0) is 50.4 Å². The number of amides is 1. The zero-order chi connectivity index (χ0) is 14.5. The lowest BCUT2D eigenvalue weighted by molar-refractivity contribution is -0.121. The largest absolute Gasteiger partial charge is 0.353 e. The number of benzene rings is 1. The average molecular weight is 360 g/mol. The fraction of sp³-hybridized carbons (Fsp3) is 0.533. The van der Waals surface area contributed by atoms with Crippen molar-refractivity contribution >= 4 is 33.4 Å². The van der Waals surface area contributed by atoms with Gasteiger partial charge in [0.2, 0.25) is 5.91 Å². The highest BCUT2D eigenvalue weighted by molar-refractivity contribution is 9.10. The molecule has 0 bridgehead atoms. The lowest BCUT2D eigenvalue weighted by Crippen LogP contribution is -2.27. The number of nitrogens with one attached hydrogen (secondary N) is 2. The molecule has 1 aliphatic rings. The third kappa shape index (κ3) is 5.08. The first-order valence-corrected chi connectivity index (χ1v) is 8.21. The third-order valence-corrected chi connectivity index (χ3v) is 4.22. The van der Waals surface area contributed by atoms with Crippen LogP contribution in [0.4, 0.5) is 0 Å². The van der Waals surface area contributed by atoms with Gasteiger partial charge in [0, 0.05) is 28.0 Å². The molecule has 1 aliphatic carbocycles. The second-order valence-corrected chi connectivity index (χ2v) is 6.61. The van der Waals surface area contributed by atoms with Gasteiger partial charge in [-0.25, -0.2) is 0 Å². The molecule has 1 unspecified atom stereocenters. The molecule has 0 aromatic heterocycles. The van der Waals surface area contributed by atoms with Crippen molar-refractivity contribution in [1.29, 1.82) is 0 Å². The predicted octanol–water partition coefficient (Wildman–Crippen LogP) is 3.81. The number of carbonyl (C=O) groups excluding carboxylic acids is 1. The molecule has 20 heavy (non-hydrogen) atoms. The van der Waals surface area contributed by atoms with Gasteiger partial charge in [0.05, 0.1) is 0 Å². The van der Waals surface area contributed by atoms with Gasteiger partial charge >= 0.3 is 0 Å². The summed E-state index contributed by atoms with van der Waals surface area (Å²) < 4.78 is 0.982. The van der Waals surface area contributed by atoms with E-state index < -0.39 is 0 Å². The third-order valence-electron chi connectivity index (χ3n) is 3.40. The minimum absolute atomic E-state index is 0.170. The SMILES string of the molecule is CC(NCCCC(=O)NC1CC1)c1ccc(Br)cc1Cl. The molecule has 1 fully saturated rings. The van der Waals surface area contributed by atoms with Crippen molar-refractivity contribution in [2.75, 3.05) is 6.54 Å². The first-order chi connectivity index (χ1) is 9.56. The second kappa shape index (κ2) is 7.43. The number of hydrogen-bond donors (Lipinski definition) is 2. The summed E-state index contributed by atoms with van der Waals surface area (Å²) in [6, 6.07) is 6.54. The van der Waals surface area contributed by atoms with Gasteiger partial charge in [0.25, 0.3) is 0 Å². The number of hydrogen-bond acceptors (Lipinski definition) is 2. The summed E-state index contributed by atoms with van der Waals surface area (Å²) in [5.74, 6) is 0.170. The first kappa shape index (κ1) is 15.8. The maximum Gasteiger partial charge on any atom is 0.220 e. The molecule has 0 radical (unpaired) electrons. The van der Waals surface area contributed by atoms with Crippen LogP contribution in [0.5, 0.6) is 0 Å². The summed E-state index contributed by atoms with van der Waals surface area (Å²) in [4.78, 5) is 11.5. The first-order valence-electron chi connectivity index (χ1n) is 7.04. The van der Waals surface area contributed by atoms with Crippen molar-refractivity contribution in [3.63, 3.8) is 0 Å². The van der Waals surface area contributed by atoms with Gasteiger partial charge in [-0.2, -0.15) is 0 Å². The van der Waals surface area contributed by atoms with Crippen LogP contribution < -0.4 is 10.6 Å². The molecule has 0 saturated heterocycles. The van der Waals surface area contributed by atoms with E-state index in [1.807, 2.05) is 18.2 Å². The maximum absolute atomic E-state index is 11.5. The van der Waals surface area contributed by atoms with Gasteiger partial charge in [0.15, 0.2) is 0 Å². The Bertz CT molecular complexity index is 477. The van der Waals surface area contributed by atoms with E-state index >= 15 is 0 Å². The average Bonchev–Trinajstić information content (AvgIpc) is 3.18. The Kier molecular flexibility index (Phi) is 5.87. The monoisotopic (exact) mass is 358 g/mol. The quantitative estimate of drug-likeness (QED) is 0.727. The number of halogens is 2. The zero-order valence-electron chi connectivity index (χ0n) is 11.6. The van der Waals surface area contributed by atoms with E-state index in [4.69, 9.17) is 11.6 Å². The molecule has 1 amide bonds. The highest BCUT2D eigenvalue weighted by Gasteiger charge is 2.22. The van der Waals surface area contributed by atoms with Crippen molar-refractivity contribution in [3.8, 4) is 0 Å². The van der Waals surface area contributed by atoms with Crippen LogP contribution in [0.2, 0.25) is 5.02 Å². The van der Waals surface area contributed by atoms with E-state index in [1.165, 1.54) is 0 Å². The van der Waals surface area contributed by atoms with Crippen LogP contribution in [0.1, 0.15) is 44.2 Å². The van der Waals surface area contributed by atoms with Crippen LogP contribution in [-0.2, 0) is 4.79 Å². The molecule has 2 N–H and O–H groups in total. The Balaban J connectivity index is 1.68. The van der Waals surface area contributed by atoms with Crippen LogP contribution in [0.3, 0.4) is 0 Å². The van der Waals surface area contributed by atoms with Gasteiger partial charge in [-0.1, -0.05) is 33.6 Å². The fourth-order valence-electron chi connectivity index (χ4n) is 2.06. The van der Waals surface area contributed by atoms with Crippen LogP contribution in [0.15, 0.2) is 22.7 Å². The lowest BCUT2D eigenvalue weighted by Gasteiger charge is -2.16. The summed E-state index contributed by atoms with van der Waals surface area (Å²) >= 11 is 9.62. The second-order valence-electron chi connectivity index (χ2n) is 5.29. The zero-order valence-corrected chi connectivity index (χ0v) is 13.9. The molecule has 1 atom stereocenters. The summed E-state index contributed by atoms with van der Waals surface area (Å²) in [5.41, 5.74) is 1.08. The minimum Gasteiger partial charge on any atom is -0.353 e. The Morgan fingerprint density at radius 2 is 2.25 bits per heavy atom. The Morgan fingerprint density at radius 3 is 2.90 bits per heavy atom. The molecule has 3 nitrogen and oxygen atoms in total. The van der Waals surface area contributed by atoms with E-state index in [9.17, 15) is 4.79 Å². The molecule has 2 rings (SSSR count). The van der Waals surface area contributed by atoms with Crippen molar-refractivity contribution < 1.29 is 4.79 Å². The molecule has 5 heteroatoms. The van der Waals surface area contributed by atoms with Gasteiger partial charge in [-0.15, -0.1) is 0 Å². The van der Waals surface area contributed by atoms with Crippen LogP contribution in [-0.4, -0.2) is 18.5 Å². The Labute approximate surface area is 133 Å². The summed E-state index contributed by atoms with van der Waals surface area (Å²) in [6.07, 6.45) is 3.72. The van der Waals surface area contributed by atoms with E-state index in [0.29, 0.717) is 12.5 Å². The Morgan fingerprint density at radius 1 is 1.50 bits per heavy atom. The molecular formula is C15H20BrClN2O. The van der Waals surface area contributed by atoms with Gasteiger partial charge < -0.3 is 10.6 Å². The molecule has 0 aliphatic heterocycles. The van der Waals surface area contributed by atoms with E-state index in [0.717, 1.165) is 40.9 Å². The topological polar surface area (TPSA) is 41.1 Å². The highest BCUT2D eigenvalue weighted by Crippen LogP contribution is 2.26. The molecule has 110 valence electrons. The smallest absolute Gasteiger partial charge is 0.220 e. The van der Waals surface area contributed by atoms with E-state index in [1.54, 1.807) is 0 Å². The molecule has 0 spiro atoms. The number of carbonyl (C=O) groups is 1. The molecular weight excluding hydrogens is 340 g/mol. The lowest BCUT2D eigenvalue weighted by atomic mass is 10.1. The van der Waals surface area contributed by atoms with Crippen LogP contribution in [0, 0.1) is 0 Å². The summed E-state index contributed by atoms with van der Waals surface area (Å²) in [6.45, 7) is 2.89. The van der Waals surface area contributed by atoms with Crippen LogP contribution in [0.25, 0.3) is 0 Å². The molecule has 1 aromatic rings. The van der Waals surface area contributed by atoms with Crippen LogP contribution >= 0.6 is 27.5 Å². The van der Waals surface area contributed by atoms with Gasteiger partial charge in [-0.3, -0.25) is 4.79 Å². The fourth-order valence-corrected chi connectivity index (χ4v) is 2.89. The van der Waals surface area contributed by atoms with E-state index in [-0.39, 0.29) is 11.9 Å². The van der Waals surface area contributed by atoms with Crippen molar-refractivity contribution in [2.45, 2.75) is 44.7 Å². The molecule has 1 aromatic carbocycles. The molecule has 0 heterocycles. The minimum atomic E-state index is 0.170. The summed E-state index contributed by atoms with van der Waals surface area (Å²) in [5, 5.41) is 7.16. The molecule has 1 saturated carbocycles. The van der Waals surface area contributed by atoms with E-state index in [2.05, 4.69) is 33.5 Å². The van der Waals surface area contributed by atoms with Crippen molar-refractivity contribution in [2.24, 2.45) is 0 Å². The Hall–Kier alpha value is -0.580. The standard InChI is InChI=1S/C15H20BrClN2O/c1-10(13-7-4-11(16)9-14(13)17)18-8-2-3-15(20)19-12-5-6-12/h4,7,9-10,12,18H,2-3,5-6,8H2,1H3,(H,19,20). The maximum atomic E-state index is 11.5.